The minimum atomic E-state index is -0.843. The van der Waals surface area contributed by atoms with Crippen molar-refractivity contribution in [2.75, 3.05) is 32.1 Å². The van der Waals surface area contributed by atoms with Gasteiger partial charge in [-0.05, 0) is 30.7 Å². The van der Waals surface area contributed by atoms with Crippen molar-refractivity contribution in [1.82, 2.24) is 25.5 Å². The number of rotatable bonds is 12. The fraction of sp³-hybridized carbons (Fsp3) is 0.294. The lowest BCUT2D eigenvalue weighted by molar-refractivity contribution is -0.147. The Morgan fingerprint density at radius 3 is 2.62 bits per heavy atom. The van der Waals surface area contributed by atoms with Crippen LogP contribution in [0, 0.1) is 11.7 Å². The molecule has 0 radical (unpaired) electrons. The van der Waals surface area contributed by atoms with Crippen molar-refractivity contribution in [3.8, 4) is 28.1 Å². The van der Waals surface area contributed by atoms with Crippen molar-refractivity contribution in [3.05, 3.63) is 87.9 Å². The first-order chi connectivity index (χ1) is 22.7. The van der Waals surface area contributed by atoms with E-state index in [1.165, 1.54) is 6.20 Å². The van der Waals surface area contributed by atoms with Crippen molar-refractivity contribution in [2.45, 2.75) is 32.0 Å². The Bertz CT molecular complexity index is 1820. The summed E-state index contributed by atoms with van der Waals surface area (Å²) < 4.78 is 21.2. The van der Waals surface area contributed by atoms with Crippen LogP contribution in [0.3, 0.4) is 0 Å². The topological polar surface area (TPSA) is 129 Å². The monoisotopic (exact) mass is 678 g/mol. The number of amides is 1. The summed E-state index contributed by atoms with van der Waals surface area (Å²) in [5.41, 5.74) is 4.35. The summed E-state index contributed by atoms with van der Waals surface area (Å²) in [4.78, 5) is 33.2. The number of aliphatic carboxylic acids is 1. The molecular weight excluding hydrogens is 646 g/mol. The molecule has 6 rings (SSSR count). The molecular formula is C34H33Cl2FN6O4. The van der Waals surface area contributed by atoms with Crippen LogP contribution in [0.4, 0.5) is 15.9 Å². The first-order valence-electron chi connectivity index (χ1n) is 15.2. The molecule has 13 heteroatoms. The van der Waals surface area contributed by atoms with Gasteiger partial charge in [-0.2, -0.15) is 0 Å². The lowest BCUT2D eigenvalue weighted by atomic mass is 10.00. The Morgan fingerprint density at radius 1 is 1.09 bits per heavy atom. The summed E-state index contributed by atoms with van der Waals surface area (Å²) >= 11 is 13.8. The first-order valence-corrected chi connectivity index (χ1v) is 15.9. The van der Waals surface area contributed by atoms with E-state index in [4.69, 9.17) is 33.0 Å². The van der Waals surface area contributed by atoms with Gasteiger partial charge in [0, 0.05) is 85.4 Å². The summed E-state index contributed by atoms with van der Waals surface area (Å²) in [5, 5.41) is 19.2. The van der Waals surface area contributed by atoms with E-state index in [9.17, 15) is 9.59 Å². The highest BCUT2D eigenvalue weighted by molar-refractivity contribution is 6.39. The van der Waals surface area contributed by atoms with Crippen LogP contribution in [-0.2, 0) is 22.7 Å². The van der Waals surface area contributed by atoms with Crippen LogP contribution in [0.15, 0.2) is 60.9 Å². The van der Waals surface area contributed by atoms with Crippen molar-refractivity contribution in [1.29, 1.82) is 0 Å². The second kappa shape index (κ2) is 14.2. The Kier molecular flexibility index (Phi) is 9.88. The number of carboxylic acid groups (broad SMARTS) is 1. The number of aromatic nitrogens is 2. The molecule has 2 aliphatic heterocycles. The van der Waals surface area contributed by atoms with E-state index < -0.39 is 17.7 Å². The molecule has 2 fully saturated rings. The van der Waals surface area contributed by atoms with Gasteiger partial charge in [-0.15, -0.1) is 0 Å². The minimum Gasteiger partial charge on any atom is -0.496 e. The van der Waals surface area contributed by atoms with Crippen molar-refractivity contribution in [3.63, 3.8) is 0 Å². The Morgan fingerprint density at radius 2 is 1.87 bits per heavy atom. The number of likely N-dealkylation sites (tertiary alicyclic amines) is 1. The molecule has 4 heterocycles. The van der Waals surface area contributed by atoms with Crippen LogP contribution >= 0.6 is 23.2 Å². The third kappa shape index (κ3) is 7.18. The van der Waals surface area contributed by atoms with Crippen LogP contribution in [0.1, 0.15) is 24.0 Å². The van der Waals surface area contributed by atoms with Crippen LogP contribution < -0.4 is 20.7 Å². The van der Waals surface area contributed by atoms with E-state index in [-0.39, 0.29) is 24.3 Å². The van der Waals surface area contributed by atoms with Gasteiger partial charge in [-0.25, -0.2) is 9.37 Å². The fourth-order valence-corrected chi connectivity index (χ4v) is 6.45. The molecule has 4 aromatic rings. The van der Waals surface area contributed by atoms with E-state index in [1.54, 1.807) is 37.6 Å². The summed E-state index contributed by atoms with van der Waals surface area (Å²) in [7, 11) is 1.61. The van der Waals surface area contributed by atoms with Gasteiger partial charge in [0.05, 0.1) is 34.5 Å². The second-order valence-corrected chi connectivity index (χ2v) is 12.4. The van der Waals surface area contributed by atoms with Gasteiger partial charge in [0.25, 0.3) is 0 Å². The van der Waals surface area contributed by atoms with Gasteiger partial charge >= 0.3 is 5.97 Å². The Balaban J connectivity index is 1.20. The number of nitrogens with zero attached hydrogens (tertiary/aromatic N) is 3. The van der Waals surface area contributed by atoms with Crippen LogP contribution in [0.25, 0.3) is 22.4 Å². The number of hydrogen-bond acceptors (Lipinski definition) is 8. The molecule has 0 saturated carbocycles. The fourth-order valence-electron chi connectivity index (χ4n) is 5.86. The molecule has 0 spiro atoms. The zero-order valence-electron chi connectivity index (χ0n) is 25.5. The molecule has 0 unspecified atom stereocenters. The summed E-state index contributed by atoms with van der Waals surface area (Å²) in [6, 6.07) is 14.6. The van der Waals surface area contributed by atoms with E-state index in [2.05, 4.69) is 25.9 Å². The van der Waals surface area contributed by atoms with Gasteiger partial charge < -0.3 is 25.8 Å². The molecule has 1 amide bonds. The molecule has 2 aromatic heterocycles. The molecule has 244 valence electrons. The van der Waals surface area contributed by atoms with E-state index in [1.807, 2.05) is 29.2 Å². The first kappa shape index (κ1) is 32.6. The van der Waals surface area contributed by atoms with Crippen LogP contribution in [0.2, 0.25) is 10.0 Å². The number of nitrogens with one attached hydrogen (secondary N) is 3. The number of halogens is 3. The van der Waals surface area contributed by atoms with Gasteiger partial charge in [-0.1, -0.05) is 47.5 Å². The highest BCUT2D eigenvalue weighted by atomic mass is 35.5. The predicted molar refractivity (Wildman–Crippen MR) is 178 cm³/mol. The maximum atomic E-state index is 15.5. The zero-order valence-corrected chi connectivity index (χ0v) is 27.0. The number of carboxylic acids is 1. The minimum absolute atomic E-state index is 0.00745. The molecule has 0 aliphatic carbocycles. The highest BCUT2D eigenvalue weighted by Crippen LogP contribution is 2.42. The number of pyridine rings is 2. The number of anilines is 2. The van der Waals surface area contributed by atoms with Gasteiger partial charge in [0.2, 0.25) is 5.91 Å². The third-order valence-corrected chi connectivity index (χ3v) is 9.24. The summed E-state index contributed by atoms with van der Waals surface area (Å²) in [6.45, 7) is 2.26. The Hall–Kier alpha value is -4.29. The summed E-state index contributed by atoms with van der Waals surface area (Å²) in [6.07, 6.45) is 4.54. The van der Waals surface area contributed by atoms with Gasteiger partial charge in [0.1, 0.15) is 5.75 Å². The average molecular weight is 680 g/mol. The normalized spacial score (nSPS) is 16.5. The highest BCUT2D eigenvalue weighted by Gasteiger charge is 2.33. The van der Waals surface area contributed by atoms with Crippen molar-refractivity contribution < 1.29 is 23.8 Å². The number of methoxy groups -OCH3 is 1. The molecule has 1 atom stereocenters. The standard InChI is InChI=1S/C34H33Cl2FN6O4/c1-47-27-13-19(5-6-20(27)14-38-15-23-7-8-28(44)41-23)32-30(36)25(10-12-39-32)24-3-2-4-26(29(24)35)42-33-31(37)21(9-11-40-33)16-43-17-22(18-43)34(45)46/h2-6,9-13,22-23,38H,7-8,14-18H2,1H3,(H,40,42)(H,41,44)(H,45,46)/t23-/m0/s1. The van der Waals surface area contributed by atoms with Gasteiger partial charge in [0.15, 0.2) is 11.6 Å². The molecule has 2 saturated heterocycles. The molecule has 10 nitrogen and oxygen atoms in total. The summed E-state index contributed by atoms with van der Waals surface area (Å²) in [5.74, 6) is -1.04. The predicted octanol–water partition coefficient (Wildman–Crippen LogP) is 5.89. The average Bonchev–Trinajstić information content (AvgIpc) is 3.46. The quantitative estimate of drug-likeness (QED) is 0.145. The largest absolute Gasteiger partial charge is 0.496 e. The zero-order chi connectivity index (χ0) is 33.1. The number of ether oxygens (including phenoxy) is 1. The number of carbonyl (C=O) groups excluding carboxylic acids is 1. The maximum Gasteiger partial charge on any atom is 0.309 e. The van der Waals surface area contributed by atoms with Crippen molar-refractivity contribution >= 4 is 46.6 Å². The molecule has 2 aliphatic rings. The van der Waals surface area contributed by atoms with E-state index in [0.717, 1.165) is 17.5 Å². The number of hydrogen-bond donors (Lipinski definition) is 4. The molecule has 47 heavy (non-hydrogen) atoms. The van der Waals surface area contributed by atoms with Gasteiger partial charge in [-0.3, -0.25) is 19.5 Å². The SMILES string of the molecule is COc1cc(-c2nccc(-c3cccc(Nc4nccc(CN5CC(C(=O)O)C5)c4F)c3Cl)c2Cl)ccc1CNC[C@@H]1CCC(=O)N1. The molecule has 2 aromatic carbocycles. The number of benzene rings is 2. The lowest BCUT2D eigenvalue weighted by Crippen LogP contribution is -2.49. The van der Waals surface area contributed by atoms with Crippen molar-refractivity contribution in [2.24, 2.45) is 5.92 Å². The maximum absolute atomic E-state index is 15.5. The van der Waals surface area contributed by atoms with E-state index >= 15 is 4.39 Å². The van der Waals surface area contributed by atoms with Crippen LogP contribution in [0.5, 0.6) is 5.75 Å². The van der Waals surface area contributed by atoms with Crippen LogP contribution in [-0.4, -0.2) is 64.6 Å². The second-order valence-electron chi connectivity index (χ2n) is 11.6. The Labute approximate surface area is 281 Å². The molecule has 0 bridgehead atoms. The smallest absolute Gasteiger partial charge is 0.309 e. The third-order valence-electron chi connectivity index (χ3n) is 8.45. The molecule has 4 N–H and O–H groups in total. The lowest BCUT2D eigenvalue weighted by Gasteiger charge is -2.36. The van der Waals surface area contributed by atoms with E-state index in [0.29, 0.717) is 76.5 Å². The number of carbonyl (C=O) groups is 2.